The molecule has 7 rings (SSSR count). The number of fused-ring (bicyclic) bond motifs is 3. The number of carbonyl (C=O) groups excluding carboxylic acids is 1. The summed E-state index contributed by atoms with van der Waals surface area (Å²) in [6.45, 7) is 3.16. The summed E-state index contributed by atoms with van der Waals surface area (Å²) in [5.41, 5.74) is 1.74. The maximum atomic E-state index is 11.5. The molecule has 0 spiro atoms. The highest BCUT2D eigenvalue weighted by molar-refractivity contribution is 7.20. The molecular formula is C24H24N4O3S. The number of thiazole rings is 1. The van der Waals surface area contributed by atoms with Crippen molar-refractivity contribution in [3.05, 3.63) is 48.4 Å². The number of ether oxygens (including phenoxy) is 1. The third-order valence-corrected chi connectivity index (χ3v) is 7.63. The number of carbonyl (C=O) groups is 1. The van der Waals surface area contributed by atoms with Crippen molar-refractivity contribution in [2.75, 3.05) is 6.54 Å². The fraction of sp³-hybridized carbons (Fsp3) is 0.375. The molecule has 2 N–H and O–H groups in total. The van der Waals surface area contributed by atoms with Crippen LogP contribution in [0.4, 0.5) is 0 Å². The lowest BCUT2D eigenvalue weighted by atomic mass is 9.68. The Balaban J connectivity index is 1.11. The number of benzene rings is 1. The molecule has 1 unspecified atom stereocenters. The molecule has 1 atom stereocenters. The standard InChI is InChI=1S/C24H24N4O3S/c1-14(29)27-21-7-15-10-24(21,11-15)13-25-12-18-9-16-8-17(4-5-19(16)30-18)31-23-28-22-20(32-23)3-2-6-26-22/h2-6,8-9,15,21,25H,7,10-13H2,1H3,(H,27,29). The van der Waals surface area contributed by atoms with E-state index >= 15 is 0 Å². The monoisotopic (exact) mass is 448 g/mol. The maximum Gasteiger partial charge on any atom is 0.281 e. The molecule has 8 heteroatoms. The van der Waals surface area contributed by atoms with Gasteiger partial charge in [0.25, 0.3) is 5.19 Å². The molecule has 0 saturated heterocycles. The molecule has 32 heavy (non-hydrogen) atoms. The highest BCUT2D eigenvalue weighted by atomic mass is 32.1. The van der Waals surface area contributed by atoms with Gasteiger partial charge in [-0.15, -0.1) is 0 Å². The van der Waals surface area contributed by atoms with Gasteiger partial charge in [-0.25, -0.2) is 4.98 Å². The minimum atomic E-state index is 0.0688. The van der Waals surface area contributed by atoms with Gasteiger partial charge in [0.05, 0.1) is 11.2 Å². The van der Waals surface area contributed by atoms with Gasteiger partial charge in [-0.1, -0.05) is 11.3 Å². The van der Waals surface area contributed by atoms with Crippen LogP contribution in [0.2, 0.25) is 0 Å². The molecule has 0 radical (unpaired) electrons. The lowest BCUT2D eigenvalue weighted by Gasteiger charge is -2.41. The fourth-order valence-electron chi connectivity index (χ4n) is 5.40. The van der Waals surface area contributed by atoms with Crippen LogP contribution in [0.3, 0.4) is 0 Å². The Morgan fingerprint density at radius 3 is 3.06 bits per heavy atom. The predicted molar refractivity (Wildman–Crippen MR) is 123 cm³/mol. The summed E-state index contributed by atoms with van der Waals surface area (Å²) in [7, 11) is 0. The smallest absolute Gasteiger partial charge is 0.281 e. The first kappa shape index (κ1) is 19.7. The molecule has 3 aromatic heterocycles. The van der Waals surface area contributed by atoms with Gasteiger partial charge in [0.15, 0.2) is 5.65 Å². The van der Waals surface area contributed by atoms with Gasteiger partial charge in [0.1, 0.15) is 17.1 Å². The molecular weight excluding hydrogens is 424 g/mol. The van der Waals surface area contributed by atoms with Crippen LogP contribution in [0.25, 0.3) is 21.3 Å². The van der Waals surface area contributed by atoms with Crippen LogP contribution < -0.4 is 15.4 Å². The first-order chi connectivity index (χ1) is 15.6. The summed E-state index contributed by atoms with van der Waals surface area (Å²) in [5, 5.41) is 8.29. The number of furan rings is 1. The van der Waals surface area contributed by atoms with Crippen molar-refractivity contribution in [3.8, 4) is 10.9 Å². The number of aromatic nitrogens is 2. The summed E-state index contributed by atoms with van der Waals surface area (Å²) >= 11 is 1.48. The van der Waals surface area contributed by atoms with E-state index in [0.29, 0.717) is 23.4 Å². The van der Waals surface area contributed by atoms with Crippen LogP contribution >= 0.6 is 11.3 Å². The summed E-state index contributed by atoms with van der Waals surface area (Å²) in [6, 6.07) is 12.0. The normalized spacial score (nSPS) is 24.0. The summed E-state index contributed by atoms with van der Waals surface area (Å²) in [4.78, 5) is 20.2. The largest absolute Gasteiger partial charge is 0.460 e. The van der Waals surface area contributed by atoms with Crippen molar-refractivity contribution in [3.63, 3.8) is 0 Å². The second-order valence-electron chi connectivity index (χ2n) is 9.05. The van der Waals surface area contributed by atoms with Crippen LogP contribution in [-0.2, 0) is 11.3 Å². The van der Waals surface area contributed by atoms with E-state index in [0.717, 1.165) is 46.1 Å². The Kier molecular flexibility index (Phi) is 4.66. The highest BCUT2D eigenvalue weighted by Crippen LogP contribution is 2.58. The van der Waals surface area contributed by atoms with Gasteiger partial charge in [0.2, 0.25) is 5.91 Å². The zero-order valence-electron chi connectivity index (χ0n) is 17.8. The first-order valence-electron chi connectivity index (χ1n) is 11.0. The molecule has 164 valence electrons. The Labute approximate surface area is 189 Å². The van der Waals surface area contributed by atoms with Crippen molar-refractivity contribution >= 4 is 38.6 Å². The summed E-state index contributed by atoms with van der Waals surface area (Å²) in [5.74, 6) is 2.45. The molecule has 1 aromatic carbocycles. The minimum absolute atomic E-state index is 0.0688. The Morgan fingerprint density at radius 1 is 1.31 bits per heavy atom. The second-order valence-corrected chi connectivity index (χ2v) is 10.0. The van der Waals surface area contributed by atoms with Crippen molar-refractivity contribution in [1.82, 2.24) is 20.6 Å². The topological polar surface area (TPSA) is 89.3 Å². The zero-order chi connectivity index (χ0) is 21.7. The number of hydrogen-bond acceptors (Lipinski definition) is 7. The lowest BCUT2D eigenvalue weighted by molar-refractivity contribution is -0.120. The van der Waals surface area contributed by atoms with Crippen molar-refractivity contribution < 1.29 is 13.9 Å². The number of pyridine rings is 1. The summed E-state index contributed by atoms with van der Waals surface area (Å²) in [6.07, 6.45) is 5.24. The van der Waals surface area contributed by atoms with E-state index in [1.807, 2.05) is 30.3 Å². The van der Waals surface area contributed by atoms with Crippen LogP contribution in [-0.4, -0.2) is 28.5 Å². The molecule has 3 fully saturated rings. The fourth-order valence-corrected chi connectivity index (χ4v) is 6.20. The van der Waals surface area contributed by atoms with E-state index in [-0.39, 0.29) is 11.3 Å². The molecule has 0 aliphatic heterocycles. The number of hydrogen-bond donors (Lipinski definition) is 2. The Morgan fingerprint density at radius 2 is 2.22 bits per heavy atom. The van der Waals surface area contributed by atoms with Gasteiger partial charge < -0.3 is 19.8 Å². The van der Waals surface area contributed by atoms with Crippen LogP contribution in [0, 0.1) is 11.3 Å². The maximum absolute atomic E-state index is 11.5. The van der Waals surface area contributed by atoms with Crippen molar-refractivity contribution in [2.24, 2.45) is 11.3 Å². The Bertz CT molecular complexity index is 1270. The Hall–Kier alpha value is -2.97. The van der Waals surface area contributed by atoms with Crippen LogP contribution in [0.5, 0.6) is 10.9 Å². The van der Waals surface area contributed by atoms with E-state index in [4.69, 9.17) is 9.15 Å². The summed E-state index contributed by atoms with van der Waals surface area (Å²) < 4.78 is 13.0. The molecule has 2 bridgehead atoms. The van der Waals surface area contributed by atoms with Gasteiger partial charge in [0, 0.05) is 36.5 Å². The number of nitrogens with one attached hydrogen (secondary N) is 2. The van der Waals surface area contributed by atoms with Gasteiger partial charge in [-0.05, 0) is 61.6 Å². The average Bonchev–Trinajstić information content (AvgIpc) is 3.47. The zero-order valence-corrected chi connectivity index (χ0v) is 18.6. The van der Waals surface area contributed by atoms with Crippen LogP contribution in [0.1, 0.15) is 31.9 Å². The third-order valence-electron chi connectivity index (χ3n) is 6.74. The average molecular weight is 449 g/mol. The molecule has 3 aliphatic rings. The molecule has 4 aromatic rings. The third kappa shape index (κ3) is 3.53. The van der Waals surface area contributed by atoms with Gasteiger partial charge >= 0.3 is 0 Å². The van der Waals surface area contributed by atoms with E-state index in [2.05, 4.69) is 26.7 Å². The lowest BCUT2D eigenvalue weighted by Crippen LogP contribution is -2.49. The molecule has 3 aliphatic carbocycles. The van der Waals surface area contributed by atoms with E-state index < -0.39 is 0 Å². The first-order valence-corrected chi connectivity index (χ1v) is 11.8. The quantitative estimate of drug-likeness (QED) is 0.429. The number of amides is 1. The van der Waals surface area contributed by atoms with E-state index in [9.17, 15) is 4.79 Å². The molecule has 3 saturated carbocycles. The van der Waals surface area contributed by atoms with Gasteiger partial charge in [-0.3, -0.25) is 4.79 Å². The number of nitrogens with zero attached hydrogens (tertiary/aromatic N) is 2. The number of rotatable bonds is 7. The van der Waals surface area contributed by atoms with Crippen molar-refractivity contribution in [1.29, 1.82) is 0 Å². The van der Waals surface area contributed by atoms with Crippen LogP contribution in [0.15, 0.2) is 47.0 Å². The minimum Gasteiger partial charge on any atom is -0.460 e. The molecule has 1 amide bonds. The van der Waals surface area contributed by atoms with Crippen molar-refractivity contribution in [2.45, 2.75) is 38.8 Å². The SMILES string of the molecule is CC(=O)NC1CC2CC1(CNCc1cc3cc(Oc4nc5ncccc5s4)ccc3o1)C2. The predicted octanol–water partition coefficient (Wildman–Crippen LogP) is 4.62. The van der Waals surface area contributed by atoms with E-state index in [1.54, 1.807) is 13.1 Å². The molecule has 3 heterocycles. The van der Waals surface area contributed by atoms with Gasteiger partial charge in [-0.2, -0.15) is 4.98 Å². The second kappa shape index (κ2) is 7.56. The highest BCUT2D eigenvalue weighted by Gasteiger charge is 2.56. The van der Waals surface area contributed by atoms with E-state index in [1.165, 1.54) is 24.2 Å². The molecule has 7 nitrogen and oxygen atoms in total.